The van der Waals surface area contributed by atoms with Crippen LogP contribution in [0.3, 0.4) is 0 Å². The van der Waals surface area contributed by atoms with Crippen molar-refractivity contribution < 1.29 is 4.39 Å². The number of rotatable bonds is 4. The molecular formula is C16H20FN3. The van der Waals surface area contributed by atoms with Gasteiger partial charge in [-0.1, -0.05) is 0 Å². The lowest BCUT2D eigenvalue weighted by Gasteiger charge is -2.32. The van der Waals surface area contributed by atoms with Crippen LogP contribution in [0.15, 0.2) is 18.2 Å². The van der Waals surface area contributed by atoms with Crippen molar-refractivity contribution in [1.29, 1.82) is 5.26 Å². The van der Waals surface area contributed by atoms with Gasteiger partial charge in [-0.2, -0.15) is 5.26 Å². The zero-order valence-corrected chi connectivity index (χ0v) is 11.6. The van der Waals surface area contributed by atoms with E-state index >= 15 is 0 Å². The average Bonchev–Trinajstić information content (AvgIpc) is 3.31. The predicted octanol–water partition coefficient (Wildman–Crippen LogP) is 2.67. The zero-order valence-electron chi connectivity index (χ0n) is 11.6. The van der Waals surface area contributed by atoms with Crippen LogP contribution >= 0.6 is 0 Å². The second-order valence-corrected chi connectivity index (χ2v) is 5.85. The van der Waals surface area contributed by atoms with Crippen LogP contribution in [0.4, 0.5) is 10.1 Å². The fourth-order valence-corrected chi connectivity index (χ4v) is 2.98. The molecule has 1 aliphatic carbocycles. The summed E-state index contributed by atoms with van der Waals surface area (Å²) in [6.45, 7) is 3.08. The summed E-state index contributed by atoms with van der Waals surface area (Å²) in [5, 5.41) is 12.2. The maximum atomic E-state index is 14.2. The van der Waals surface area contributed by atoms with Crippen molar-refractivity contribution in [1.82, 2.24) is 5.32 Å². The van der Waals surface area contributed by atoms with E-state index in [9.17, 15) is 4.39 Å². The van der Waals surface area contributed by atoms with E-state index in [0.29, 0.717) is 23.2 Å². The van der Waals surface area contributed by atoms with Crippen LogP contribution in [0.1, 0.15) is 31.2 Å². The lowest BCUT2D eigenvalue weighted by atomic mass is 9.97. The lowest BCUT2D eigenvalue weighted by Crippen LogP contribution is -2.37. The number of halogens is 1. The SMILES string of the molecule is N#Cc1ccc(N(CC2CCNCC2)C2CC2)c(F)c1. The molecule has 0 unspecified atom stereocenters. The second kappa shape index (κ2) is 5.80. The van der Waals surface area contributed by atoms with E-state index in [0.717, 1.165) is 32.5 Å². The highest BCUT2D eigenvalue weighted by Gasteiger charge is 2.32. The molecule has 2 aliphatic rings. The van der Waals surface area contributed by atoms with Gasteiger partial charge in [0.1, 0.15) is 5.82 Å². The maximum absolute atomic E-state index is 14.2. The fraction of sp³-hybridized carbons (Fsp3) is 0.562. The standard InChI is InChI=1S/C16H20FN3/c17-15-9-13(10-18)1-4-16(15)20(14-2-3-14)11-12-5-7-19-8-6-12/h1,4,9,12,14,19H,2-3,5-8,11H2. The number of piperidine rings is 1. The third kappa shape index (κ3) is 2.94. The summed E-state index contributed by atoms with van der Waals surface area (Å²) >= 11 is 0. The van der Waals surface area contributed by atoms with E-state index in [-0.39, 0.29) is 5.82 Å². The molecule has 4 heteroatoms. The number of anilines is 1. The summed E-state index contributed by atoms with van der Waals surface area (Å²) in [5.74, 6) is 0.386. The molecule has 0 aromatic heterocycles. The van der Waals surface area contributed by atoms with Crippen LogP contribution < -0.4 is 10.2 Å². The van der Waals surface area contributed by atoms with Gasteiger partial charge in [0.05, 0.1) is 17.3 Å². The molecular weight excluding hydrogens is 253 g/mol. The van der Waals surface area contributed by atoms with Crippen LogP contribution in [0.5, 0.6) is 0 Å². The number of nitrogens with zero attached hydrogens (tertiary/aromatic N) is 2. The number of hydrogen-bond acceptors (Lipinski definition) is 3. The first-order chi connectivity index (χ1) is 9.78. The van der Waals surface area contributed by atoms with Gasteiger partial charge in [0.25, 0.3) is 0 Å². The van der Waals surface area contributed by atoms with Crippen LogP contribution in [0.2, 0.25) is 0 Å². The molecule has 1 saturated heterocycles. The molecule has 0 bridgehead atoms. The monoisotopic (exact) mass is 273 g/mol. The molecule has 1 saturated carbocycles. The van der Waals surface area contributed by atoms with Gasteiger partial charge in [0, 0.05) is 12.6 Å². The summed E-state index contributed by atoms with van der Waals surface area (Å²) in [7, 11) is 0. The van der Waals surface area contributed by atoms with Gasteiger partial charge >= 0.3 is 0 Å². The first-order valence-electron chi connectivity index (χ1n) is 7.45. The molecule has 0 spiro atoms. The molecule has 106 valence electrons. The highest BCUT2D eigenvalue weighted by atomic mass is 19.1. The molecule has 1 aliphatic heterocycles. The minimum absolute atomic E-state index is 0.259. The van der Waals surface area contributed by atoms with E-state index < -0.39 is 0 Å². The Kier molecular flexibility index (Phi) is 3.88. The molecule has 2 fully saturated rings. The summed E-state index contributed by atoms with van der Waals surface area (Å²) < 4.78 is 14.2. The van der Waals surface area contributed by atoms with Gasteiger partial charge in [-0.25, -0.2) is 4.39 Å². The van der Waals surface area contributed by atoms with Gasteiger partial charge < -0.3 is 10.2 Å². The van der Waals surface area contributed by atoms with Crippen molar-refractivity contribution in [3.8, 4) is 6.07 Å². The van der Waals surface area contributed by atoms with Gasteiger partial charge in [0.15, 0.2) is 0 Å². The van der Waals surface area contributed by atoms with Crippen molar-refractivity contribution >= 4 is 5.69 Å². The van der Waals surface area contributed by atoms with Crippen molar-refractivity contribution in [2.45, 2.75) is 31.7 Å². The quantitative estimate of drug-likeness (QED) is 0.916. The largest absolute Gasteiger partial charge is 0.366 e. The van der Waals surface area contributed by atoms with Crippen LogP contribution in [-0.2, 0) is 0 Å². The summed E-state index contributed by atoms with van der Waals surface area (Å²) in [6.07, 6.45) is 4.65. The number of nitriles is 1. The molecule has 0 amide bonds. The Morgan fingerprint density at radius 2 is 2.00 bits per heavy atom. The molecule has 1 N–H and O–H groups in total. The Morgan fingerprint density at radius 3 is 2.60 bits per heavy atom. The number of nitrogens with one attached hydrogen (secondary N) is 1. The summed E-state index contributed by atoms with van der Waals surface area (Å²) in [5.41, 5.74) is 1.06. The average molecular weight is 273 g/mol. The van der Waals surface area contributed by atoms with Crippen molar-refractivity contribution in [3.05, 3.63) is 29.6 Å². The highest BCUT2D eigenvalue weighted by Crippen LogP contribution is 2.35. The third-order valence-corrected chi connectivity index (χ3v) is 4.29. The maximum Gasteiger partial charge on any atom is 0.147 e. The molecule has 1 heterocycles. The molecule has 1 aromatic rings. The van der Waals surface area contributed by atoms with Gasteiger partial charge in [-0.15, -0.1) is 0 Å². The normalized spacial score (nSPS) is 19.6. The Bertz CT molecular complexity index is 513. The molecule has 3 nitrogen and oxygen atoms in total. The van der Waals surface area contributed by atoms with Gasteiger partial charge in [-0.05, 0) is 62.9 Å². The zero-order chi connectivity index (χ0) is 13.9. The fourth-order valence-electron chi connectivity index (χ4n) is 2.98. The van der Waals surface area contributed by atoms with Crippen LogP contribution in [0.25, 0.3) is 0 Å². The second-order valence-electron chi connectivity index (χ2n) is 5.85. The van der Waals surface area contributed by atoms with E-state index in [1.54, 1.807) is 12.1 Å². The Morgan fingerprint density at radius 1 is 1.25 bits per heavy atom. The molecule has 0 atom stereocenters. The minimum atomic E-state index is -0.259. The van der Waals surface area contributed by atoms with E-state index in [4.69, 9.17) is 5.26 Å². The van der Waals surface area contributed by atoms with Crippen LogP contribution in [0, 0.1) is 23.1 Å². The van der Waals surface area contributed by atoms with Crippen molar-refractivity contribution in [2.75, 3.05) is 24.5 Å². The number of hydrogen-bond donors (Lipinski definition) is 1. The topological polar surface area (TPSA) is 39.1 Å². The van der Waals surface area contributed by atoms with Gasteiger partial charge in [-0.3, -0.25) is 0 Å². The molecule has 1 aromatic carbocycles. The van der Waals surface area contributed by atoms with E-state index in [1.807, 2.05) is 6.07 Å². The molecule has 0 radical (unpaired) electrons. The van der Waals surface area contributed by atoms with E-state index in [1.165, 1.54) is 18.9 Å². The smallest absolute Gasteiger partial charge is 0.147 e. The van der Waals surface area contributed by atoms with E-state index in [2.05, 4.69) is 10.2 Å². The summed E-state index contributed by atoms with van der Waals surface area (Å²) in [6, 6.07) is 7.33. The first-order valence-corrected chi connectivity index (χ1v) is 7.45. The van der Waals surface area contributed by atoms with Crippen LogP contribution in [-0.4, -0.2) is 25.7 Å². The first kappa shape index (κ1) is 13.4. The van der Waals surface area contributed by atoms with Crippen molar-refractivity contribution in [3.63, 3.8) is 0 Å². The molecule has 3 rings (SSSR count). The predicted molar refractivity (Wildman–Crippen MR) is 77.1 cm³/mol. The lowest BCUT2D eigenvalue weighted by molar-refractivity contribution is 0.371. The Hall–Kier alpha value is -1.60. The Balaban J connectivity index is 1.78. The minimum Gasteiger partial charge on any atom is -0.366 e. The molecule has 20 heavy (non-hydrogen) atoms. The Labute approximate surface area is 119 Å². The number of benzene rings is 1. The highest BCUT2D eigenvalue weighted by molar-refractivity contribution is 5.53. The van der Waals surface area contributed by atoms with Crippen molar-refractivity contribution in [2.24, 2.45) is 5.92 Å². The third-order valence-electron chi connectivity index (χ3n) is 4.29. The van der Waals surface area contributed by atoms with Gasteiger partial charge in [0.2, 0.25) is 0 Å². The summed E-state index contributed by atoms with van der Waals surface area (Å²) in [4.78, 5) is 2.23.